The molecule has 1 aromatic heterocycles. The first kappa shape index (κ1) is 10.6. The van der Waals surface area contributed by atoms with Gasteiger partial charge in [-0.05, 0) is 23.8 Å². The van der Waals surface area contributed by atoms with Gasteiger partial charge in [0.1, 0.15) is 0 Å². The molecule has 0 fully saturated rings. The maximum absolute atomic E-state index is 13.3. The van der Waals surface area contributed by atoms with Crippen molar-refractivity contribution in [2.75, 3.05) is 0 Å². The minimum atomic E-state index is -0.414. The summed E-state index contributed by atoms with van der Waals surface area (Å²) in [5.41, 5.74) is 6.37. The summed E-state index contributed by atoms with van der Waals surface area (Å²) in [7, 11) is 0. The van der Waals surface area contributed by atoms with Crippen molar-refractivity contribution in [2.24, 2.45) is 5.73 Å². The van der Waals surface area contributed by atoms with Crippen molar-refractivity contribution >= 4 is 0 Å². The molecule has 1 heterocycles. The van der Waals surface area contributed by atoms with Crippen LogP contribution in [0.1, 0.15) is 5.56 Å². The van der Waals surface area contributed by atoms with Gasteiger partial charge in [-0.15, -0.1) is 0 Å². The Kier molecular flexibility index (Phi) is 3.12. The second kappa shape index (κ2) is 4.72. The normalized spacial score (nSPS) is 10.1. The fourth-order valence-electron chi connectivity index (χ4n) is 1.27. The second-order valence-electron chi connectivity index (χ2n) is 3.24. The predicted octanol–water partition coefficient (Wildman–Crippen LogP) is 2.47. The molecular weight excluding hydrogens is 207 g/mol. The monoisotopic (exact) mass is 218 g/mol. The van der Waals surface area contributed by atoms with Gasteiger partial charge in [-0.2, -0.15) is 0 Å². The highest BCUT2D eigenvalue weighted by atomic mass is 19.1. The largest absolute Gasteiger partial charge is 0.436 e. The van der Waals surface area contributed by atoms with Gasteiger partial charge >= 0.3 is 0 Å². The molecule has 4 heteroatoms. The quantitative estimate of drug-likeness (QED) is 0.860. The Labute approximate surface area is 92.7 Å². The van der Waals surface area contributed by atoms with E-state index in [9.17, 15) is 4.39 Å². The van der Waals surface area contributed by atoms with Crippen LogP contribution in [0.4, 0.5) is 4.39 Å². The van der Waals surface area contributed by atoms with E-state index in [4.69, 9.17) is 10.5 Å². The van der Waals surface area contributed by atoms with Crippen LogP contribution in [0.3, 0.4) is 0 Å². The summed E-state index contributed by atoms with van der Waals surface area (Å²) >= 11 is 0. The molecule has 2 aromatic rings. The number of hydrogen-bond acceptors (Lipinski definition) is 3. The molecule has 0 saturated heterocycles. The van der Waals surface area contributed by atoms with Crippen LogP contribution in [0.5, 0.6) is 11.6 Å². The lowest BCUT2D eigenvalue weighted by molar-refractivity contribution is 0.427. The van der Waals surface area contributed by atoms with Crippen LogP contribution >= 0.6 is 0 Å². The van der Waals surface area contributed by atoms with Crippen LogP contribution in [0.25, 0.3) is 0 Å². The maximum atomic E-state index is 13.3. The fourth-order valence-corrected chi connectivity index (χ4v) is 1.27. The summed E-state index contributed by atoms with van der Waals surface area (Å²) in [5, 5.41) is 0. The molecule has 0 saturated carbocycles. The maximum Gasteiger partial charge on any atom is 0.219 e. The van der Waals surface area contributed by atoms with Gasteiger partial charge < -0.3 is 10.5 Å². The SMILES string of the molecule is NCc1ccnc(Oc2ccccc2F)c1. The summed E-state index contributed by atoms with van der Waals surface area (Å²) in [4.78, 5) is 3.98. The number of nitrogens with zero attached hydrogens (tertiary/aromatic N) is 1. The van der Waals surface area contributed by atoms with E-state index in [1.54, 1.807) is 36.5 Å². The van der Waals surface area contributed by atoms with Gasteiger partial charge in [0.25, 0.3) is 0 Å². The molecule has 2 N–H and O–H groups in total. The fraction of sp³-hybridized carbons (Fsp3) is 0.0833. The van der Waals surface area contributed by atoms with E-state index >= 15 is 0 Å². The van der Waals surface area contributed by atoms with Crippen LogP contribution < -0.4 is 10.5 Å². The zero-order valence-corrected chi connectivity index (χ0v) is 8.56. The van der Waals surface area contributed by atoms with E-state index < -0.39 is 5.82 Å². The Morgan fingerprint density at radius 2 is 2.06 bits per heavy atom. The van der Waals surface area contributed by atoms with Crippen molar-refractivity contribution in [3.8, 4) is 11.6 Å². The highest BCUT2D eigenvalue weighted by Gasteiger charge is 2.04. The summed E-state index contributed by atoms with van der Waals surface area (Å²) in [6.07, 6.45) is 1.58. The molecule has 2 rings (SSSR count). The first-order valence-electron chi connectivity index (χ1n) is 4.87. The topological polar surface area (TPSA) is 48.1 Å². The van der Waals surface area contributed by atoms with Crippen LogP contribution in [-0.4, -0.2) is 4.98 Å². The molecule has 3 nitrogen and oxygen atoms in total. The van der Waals surface area contributed by atoms with Gasteiger partial charge in [-0.25, -0.2) is 9.37 Å². The third-order valence-electron chi connectivity index (χ3n) is 2.09. The third-order valence-corrected chi connectivity index (χ3v) is 2.09. The molecule has 82 valence electrons. The molecular formula is C12H11FN2O. The minimum absolute atomic E-state index is 0.157. The summed E-state index contributed by atoms with van der Waals surface area (Å²) in [6, 6.07) is 9.66. The summed E-state index contributed by atoms with van der Waals surface area (Å²) < 4.78 is 18.6. The second-order valence-corrected chi connectivity index (χ2v) is 3.24. The van der Waals surface area contributed by atoms with Crippen molar-refractivity contribution in [3.05, 3.63) is 54.0 Å². The number of pyridine rings is 1. The van der Waals surface area contributed by atoms with Crippen LogP contribution in [0.15, 0.2) is 42.6 Å². The van der Waals surface area contributed by atoms with Gasteiger partial charge in [-0.3, -0.25) is 0 Å². The van der Waals surface area contributed by atoms with Gasteiger partial charge in [0, 0.05) is 18.8 Å². The first-order chi connectivity index (χ1) is 7.79. The Morgan fingerprint density at radius 3 is 2.81 bits per heavy atom. The van der Waals surface area contributed by atoms with E-state index in [1.807, 2.05) is 0 Å². The van der Waals surface area contributed by atoms with E-state index in [0.717, 1.165) is 5.56 Å². The van der Waals surface area contributed by atoms with Gasteiger partial charge in [0.05, 0.1) is 0 Å². The van der Waals surface area contributed by atoms with Gasteiger partial charge in [0.2, 0.25) is 5.88 Å². The Morgan fingerprint density at radius 1 is 1.25 bits per heavy atom. The molecule has 1 aromatic carbocycles. The van der Waals surface area contributed by atoms with Crippen LogP contribution in [-0.2, 0) is 6.54 Å². The smallest absolute Gasteiger partial charge is 0.219 e. The molecule has 0 bridgehead atoms. The molecule has 0 aliphatic heterocycles. The molecule has 0 aliphatic carbocycles. The van der Waals surface area contributed by atoms with Gasteiger partial charge in [0.15, 0.2) is 11.6 Å². The Balaban J connectivity index is 2.24. The standard InChI is InChI=1S/C12H11FN2O/c13-10-3-1-2-4-11(10)16-12-7-9(8-14)5-6-15-12/h1-7H,8,14H2. The zero-order chi connectivity index (χ0) is 11.4. The highest BCUT2D eigenvalue weighted by Crippen LogP contribution is 2.22. The molecule has 16 heavy (non-hydrogen) atoms. The lowest BCUT2D eigenvalue weighted by Gasteiger charge is -2.06. The highest BCUT2D eigenvalue weighted by molar-refractivity contribution is 5.29. The van der Waals surface area contributed by atoms with Crippen molar-refractivity contribution in [1.82, 2.24) is 4.98 Å². The van der Waals surface area contributed by atoms with Crippen molar-refractivity contribution in [1.29, 1.82) is 0 Å². The van der Waals surface area contributed by atoms with Gasteiger partial charge in [-0.1, -0.05) is 12.1 Å². The van der Waals surface area contributed by atoms with Crippen molar-refractivity contribution in [2.45, 2.75) is 6.54 Å². The lowest BCUT2D eigenvalue weighted by Crippen LogP contribution is -1.97. The average Bonchev–Trinajstić information content (AvgIpc) is 2.32. The van der Waals surface area contributed by atoms with Crippen LogP contribution in [0, 0.1) is 5.82 Å². The zero-order valence-electron chi connectivity index (χ0n) is 8.56. The van der Waals surface area contributed by atoms with Crippen LogP contribution in [0.2, 0.25) is 0 Å². The number of nitrogens with two attached hydrogens (primary N) is 1. The van der Waals surface area contributed by atoms with E-state index in [2.05, 4.69) is 4.98 Å². The first-order valence-corrected chi connectivity index (χ1v) is 4.87. The number of aromatic nitrogens is 1. The number of hydrogen-bond donors (Lipinski definition) is 1. The molecule has 0 radical (unpaired) electrons. The predicted molar refractivity (Wildman–Crippen MR) is 58.6 cm³/mol. The number of ether oxygens (including phenoxy) is 1. The molecule has 0 unspecified atom stereocenters. The number of benzene rings is 1. The third kappa shape index (κ3) is 2.35. The van der Waals surface area contributed by atoms with E-state index in [-0.39, 0.29) is 5.75 Å². The summed E-state index contributed by atoms with van der Waals surface area (Å²) in [6.45, 7) is 0.399. The molecule has 0 spiro atoms. The minimum Gasteiger partial charge on any atom is -0.436 e. The van der Waals surface area contributed by atoms with Crippen molar-refractivity contribution in [3.63, 3.8) is 0 Å². The Hall–Kier alpha value is -1.94. The molecule has 0 aliphatic rings. The number of para-hydroxylation sites is 1. The van der Waals surface area contributed by atoms with E-state index in [1.165, 1.54) is 6.07 Å². The molecule has 0 amide bonds. The van der Waals surface area contributed by atoms with Crippen molar-refractivity contribution < 1.29 is 9.13 Å². The van der Waals surface area contributed by atoms with E-state index in [0.29, 0.717) is 12.4 Å². The lowest BCUT2D eigenvalue weighted by atomic mass is 10.3. The average molecular weight is 218 g/mol. The Bertz CT molecular complexity index is 488. The number of rotatable bonds is 3. The number of halogens is 1. The summed E-state index contributed by atoms with van der Waals surface area (Å²) in [5.74, 6) is 0.0830. The molecule has 0 atom stereocenters.